The van der Waals surface area contributed by atoms with Crippen molar-refractivity contribution in [2.45, 2.75) is 19.0 Å². The Balaban J connectivity index is 1.89. The molecule has 7 nitrogen and oxygen atoms in total. The van der Waals surface area contributed by atoms with Gasteiger partial charge in [0.2, 0.25) is 0 Å². The van der Waals surface area contributed by atoms with E-state index in [0.29, 0.717) is 22.9 Å². The van der Waals surface area contributed by atoms with E-state index in [1.807, 2.05) is 18.2 Å². The molecule has 0 aliphatic heterocycles. The van der Waals surface area contributed by atoms with Crippen molar-refractivity contribution < 1.29 is 4.74 Å². The lowest BCUT2D eigenvalue weighted by Crippen LogP contribution is -2.35. The van der Waals surface area contributed by atoms with E-state index < -0.39 is 0 Å². The van der Waals surface area contributed by atoms with Crippen LogP contribution >= 0.6 is 0 Å². The van der Waals surface area contributed by atoms with E-state index in [-0.39, 0.29) is 12.1 Å². The minimum absolute atomic E-state index is 0.00235. The number of hydrogen-bond donors (Lipinski definition) is 1. The predicted octanol–water partition coefficient (Wildman–Crippen LogP) is 4.20. The van der Waals surface area contributed by atoms with E-state index in [0.717, 1.165) is 10.9 Å². The highest BCUT2D eigenvalue weighted by Gasteiger charge is 2.24. The van der Waals surface area contributed by atoms with Gasteiger partial charge in [0.15, 0.2) is 5.82 Å². The molecule has 0 amide bonds. The third-order valence-corrected chi connectivity index (χ3v) is 5.48. The van der Waals surface area contributed by atoms with Crippen molar-refractivity contribution in [3.8, 4) is 17.1 Å². The highest BCUT2D eigenvalue weighted by atomic mass is 16.5. The van der Waals surface area contributed by atoms with Crippen molar-refractivity contribution in [2.24, 2.45) is 0 Å². The predicted molar refractivity (Wildman–Crippen MR) is 123 cm³/mol. The third kappa shape index (κ3) is 4.32. The van der Waals surface area contributed by atoms with Gasteiger partial charge in [0.05, 0.1) is 36.4 Å². The molecule has 3 aromatic heterocycles. The number of nitrogens with zero attached hydrogens (tertiary/aromatic N) is 5. The summed E-state index contributed by atoms with van der Waals surface area (Å²) in [5.41, 5.74) is 2.78. The largest absolute Gasteiger partial charge is 0.494 e. The Bertz CT molecular complexity index is 1150. The Morgan fingerprint density at radius 3 is 2.35 bits per heavy atom. The first-order valence-electron chi connectivity index (χ1n) is 10.2. The molecule has 1 N–H and O–H groups in total. The molecule has 1 unspecified atom stereocenters. The number of fused-ring (bicyclic) bond motifs is 1. The van der Waals surface area contributed by atoms with Crippen molar-refractivity contribution in [3.63, 3.8) is 0 Å². The zero-order valence-electron chi connectivity index (χ0n) is 18.1. The van der Waals surface area contributed by atoms with Crippen LogP contribution in [-0.2, 0) is 0 Å². The van der Waals surface area contributed by atoms with Crippen LogP contribution in [0.15, 0.2) is 67.3 Å². The van der Waals surface area contributed by atoms with Crippen LogP contribution in [-0.4, -0.2) is 52.1 Å². The van der Waals surface area contributed by atoms with Gasteiger partial charge in [0.1, 0.15) is 11.6 Å². The minimum atomic E-state index is -0.00235. The second-order valence-electron chi connectivity index (χ2n) is 7.60. The minimum Gasteiger partial charge on any atom is -0.494 e. The maximum atomic E-state index is 5.61. The molecular formula is C24H26N6O. The summed E-state index contributed by atoms with van der Waals surface area (Å²) in [5.74, 6) is 1.95. The van der Waals surface area contributed by atoms with Crippen molar-refractivity contribution in [2.75, 3.05) is 26.5 Å². The lowest BCUT2D eigenvalue weighted by Gasteiger charge is -2.31. The molecule has 4 aromatic rings. The number of anilines is 1. The maximum absolute atomic E-state index is 5.61. The van der Waals surface area contributed by atoms with Crippen molar-refractivity contribution in [1.82, 2.24) is 24.8 Å². The highest BCUT2D eigenvalue weighted by molar-refractivity contribution is 5.95. The second-order valence-corrected chi connectivity index (χ2v) is 7.60. The topological polar surface area (TPSA) is 76.1 Å². The first-order chi connectivity index (χ1) is 15.1. The molecule has 1 aromatic carbocycles. The monoisotopic (exact) mass is 414 g/mol. The van der Waals surface area contributed by atoms with Crippen LogP contribution < -0.4 is 10.1 Å². The molecule has 0 saturated heterocycles. The summed E-state index contributed by atoms with van der Waals surface area (Å²) in [7, 11) is 5.79. The van der Waals surface area contributed by atoms with Crippen LogP contribution in [0, 0.1) is 0 Å². The van der Waals surface area contributed by atoms with Gasteiger partial charge in [-0.25, -0.2) is 9.97 Å². The van der Waals surface area contributed by atoms with Gasteiger partial charge in [-0.15, -0.1) is 0 Å². The van der Waals surface area contributed by atoms with Crippen molar-refractivity contribution >= 4 is 16.7 Å². The maximum Gasteiger partial charge on any atom is 0.162 e. The molecule has 0 saturated carbocycles. The Morgan fingerprint density at radius 1 is 0.935 bits per heavy atom. The first kappa shape index (κ1) is 20.7. The number of benzene rings is 1. The molecule has 0 aliphatic carbocycles. The number of likely N-dealkylation sites (N-methyl/N-ethyl adjacent to an activating group) is 1. The number of aromatic nitrogens is 4. The van der Waals surface area contributed by atoms with E-state index in [2.05, 4.69) is 65.5 Å². The molecule has 0 fully saturated rings. The zero-order valence-corrected chi connectivity index (χ0v) is 18.1. The molecule has 0 radical (unpaired) electrons. The van der Waals surface area contributed by atoms with E-state index >= 15 is 0 Å². The number of methoxy groups -OCH3 is 1. The first-order valence-corrected chi connectivity index (χ1v) is 10.2. The van der Waals surface area contributed by atoms with Crippen LogP contribution in [0.3, 0.4) is 0 Å². The number of nitrogens with one attached hydrogen (secondary N) is 1. The smallest absolute Gasteiger partial charge is 0.162 e. The average Bonchev–Trinajstić information content (AvgIpc) is 2.82. The molecular weight excluding hydrogens is 388 g/mol. The zero-order chi connectivity index (χ0) is 21.8. The van der Waals surface area contributed by atoms with Gasteiger partial charge in [-0.1, -0.05) is 30.3 Å². The van der Waals surface area contributed by atoms with E-state index in [1.54, 1.807) is 31.9 Å². The molecule has 3 heterocycles. The third-order valence-electron chi connectivity index (χ3n) is 5.48. The Morgan fingerprint density at radius 2 is 1.68 bits per heavy atom. The molecule has 0 bridgehead atoms. The second kappa shape index (κ2) is 9.06. The summed E-state index contributed by atoms with van der Waals surface area (Å²) in [6, 6.07) is 14.4. The van der Waals surface area contributed by atoms with Crippen LogP contribution in [0.5, 0.6) is 5.75 Å². The van der Waals surface area contributed by atoms with Gasteiger partial charge in [-0.3, -0.25) is 9.97 Å². The number of hydrogen-bond acceptors (Lipinski definition) is 7. The van der Waals surface area contributed by atoms with E-state index in [9.17, 15) is 0 Å². The summed E-state index contributed by atoms with van der Waals surface area (Å²) < 4.78 is 5.61. The summed E-state index contributed by atoms with van der Waals surface area (Å²) in [6.45, 7) is 2.19. The van der Waals surface area contributed by atoms with Crippen molar-refractivity contribution in [3.05, 3.63) is 72.8 Å². The van der Waals surface area contributed by atoms with Crippen LogP contribution in [0.4, 0.5) is 5.82 Å². The van der Waals surface area contributed by atoms with Crippen LogP contribution in [0.2, 0.25) is 0 Å². The Kier molecular flexibility index (Phi) is 6.04. The van der Waals surface area contributed by atoms with E-state index in [4.69, 9.17) is 14.7 Å². The summed E-state index contributed by atoms with van der Waals surface area (Å²) in [4.78, 5) is 20.2. The summed E-state index contributed by atoms with van der Waals surface area (Å²) >= 11 is 0. The van der Waals surface area contributed by atoms with E-state index in [1.165, 1.54) is 5.56 Å². The fourth-order valence-electron chi connectivity index (χ4n) is 3.53. The quantitative estimate of drug-likeness (QED) is 0.486. The molecule has 2 atom stereocenters. The summed E-state index contributed by atoms with van der Waals surface area (Å²) in [5, 5.41) is 4.50. The fraction of sp³-hybridized carbons (Fsp3) is 0.250. The SMILES string of the molecule is COc1cncc2nc(-c3ccncc3)nc(NC(c3ccccc3)[C@H](C)N(C)C)c12. The highest BCUT2D eigenvalue weighted by Crippen LogP contribution is 2.34. The van der Waals surface area contributed by atoms with Crippen LogP contribution in [0.25, 0.3) is 22.3 Å². The molecule has 0 spiro atoms. The average molecular weight is 415 g/mol. The molecule has 0 aliphatic rings. The summed E-state index contributed by atoms with van der Waals surface area (Å²) in [6.07, 6.45) is 6.90. The van der Waals surface area contributed by atoms with Gasteiger partial charge in [-0.2, -0.15) is 0 Å². The standard InChI is InChI=1S/C24H26N6O/c1-16(30(2)3)22(17-8-6-5-7-9-17)28-24-21-19(14-26-15-20(21)31-4)27-23(29-24)18-10-12-25-13-11-18/h5-16,22H,1-4H3,(H,27,28,29)/t16-,22?/m0/s1. The van der Waals surface area contributed by atoms with Gasteiger partial charge in [0.25, 0.3) is 0 Å². The molecule has 4 rings (SSSR count). The molecule has 31 heavy (non-hydrogen) atoms. The Hall–Kier alpha value is -3.58. The fourth-order valence-corrected chi connectivity index (χ4v) is 3.53. The number of pyridine rings is 2. The lowest BCUT2D eigenvalue weighted by molar-refractivity contribution is 0.284. The van der Waals surface area contributed by atoms with Gasteiger partial charge in [-0.05, 0) is 38.7 Å². The van der Waals surface area contributed by atoms with Crippen LogP contribution in [0.1, 0.15) is 18.5 Å². The number of rotatable bonds is 7. The Labute approximate surface area is 182 Å². The molecule has 7 heteroatoms. The van der Waals surface area contributed by atoms with Gasteiger partial charge >= 0.3 is 0 Å². The normalized spacial score (nSPS) is 13.2. The molecule has 158 valence electrons. The lowest BCUT2D eigenvalue weighted by atomic mass is 9.99. The number of ether oxygens (including phenoxy) is 1. The van der Waals surface area contributed by atoms with Crippen molar-refractivity contribution in [1.29, 1.82) is 0 Å². The van der Waals surface area contributed by atoms with Gasteiger partial charge in [0, 0.05) is 24.0 Å². The van der Waals surface area contributed by atoms with Gasteiger partial charge < -0.3 is 15.0 Å².